The average Bonchev–Trinajstić information content (AvgIpc) is 2.36. The van der Waals surface area contributed by atoms with E-state index in [0.717, 1.165) is 0 Å². The number of hydrogen-bond donors (Lipinski definition) is 2. The molecule has 0 radical (unpaired) electrons. The molecule has 0 atom stereocenters. The van der Waals surface area contributed by atoms with Crippen molar-refractivity contribution in [1.29, 1.82) is 0 Å². The maximum Gasteiger partial charge on any atom is 0.294 e. The number of hydrogen-bond acceptors (Lipinski definition) is 6. The molecule has 8 nitrogen and oxygen atoms in total. The highest BCUT2D eigenvalue weighted by atomic mass is 16.6. The Hall–Kier alpha value is -2.64. The van der Waals surface area contributed by atoms with E-state index in [2.05, 4.69) is 10.5 Å². The largest absolute Gasteiger partial charge is 0.480 e. The van der Waals surface area contributed by atoms with Crippen LogP contribution in [-0.2, 0) is 9.53 Å². The summed E-state index contributed by atoms with van der Waals surface area (Å²) in [6, 6.07) is 6.00. The van der Waals surface area contributed by atoms with E-state index >= 15 is 0 Å². The van der Waals surface area contributed by atoms with Gasteiger partial charge in [0, 0.05) is 6.07 Å². The minimum Gasteiger partial charge on any atom is -0.480 e. The first-order valence-corrected chi connectivity index (χ1v) is 5.51. The molecule has 0 heterocycles. The van der Waals surface area contributed by atoms with Gasteiger partial charge in [-0.15, -0.1) is 5.10 Å². The minimum atomic E-state index is -0.600. The van der Waals surface area contributed by atoms with Gasteiger partial charge < -0.3 is 10.5 Å². The molecule has 0 spiro atoms. The number of nitro benzene ring substituents is 1. The van der Waals surface area contributed by atoms with Crippen LogP contribution < -0.4 is 11.2 Å². The van der Waals surface area contributed by atoms with Crippen molar-refractivity contribution >= 4 is 23.2 Å². The number of nitrogens with zero attached hydrogens (tertiary/aromatic N) is 2. The molecule has 8 heteroatoms. The highest BCUT2D eigenvalue weighted by Crippen LogP contribution is 2.23. The number of nitro groups is 1. The van der Waals surface area contributed by atoms with Crippen LogP contribution in [0.3, 0.4) is 0 Å². The average molecular weight is 266 g/mol. The Labute approximate surface area is 109 Å². The molecule has 0 aliphatic heterocycles. The molecule has 0 aromatic heterocycles. The third-order valence-electron chi connectivity index (χ3n) is 2.04. The Morgan fingerprint density at radius 2 is 2.21 bits per heavy atom. The van der Waals surface area contributed by atoms with Gasteiger partial charge in [-0.25, -0.2) is 0 Å². The van der Waals surface area contributed by atoms with Crippen LogP contribution in [0.2, 0.25) is 0 Å². The standard InChI is InChI=1S/C11H14N4O4/c1-2-19-11(7-10(12)16)14-13-8-5-3-4-6-9(8)15(17)18/h3-6,13H,2,7H2,1H3,(H2,12,16)/b14-11+. The van der Waals surface area contributed by atoms with E-state index in [-0.39, 0.29) is 23.7 Å². The second-order valence-corrected chi connectivity index (χ2v) is 3.47. The van der Waals surface area contributed by atoms with E-state index in [1.54, 1.807) is 19.1 Å². The fourth-order valence-electron chi connectivity index (χ4n) is 1.29. The summed E-state index contributed by atoms with van der Waals surface area (Å²) >= 11 is 0. The summed E-state index contributed by atoms with van der Waals surface area (Å²) in [5, 5.41) is 14.6. The van der Waals surface area contributed by atoms with E-state index in [1.807, 2.05) is 0 Å². The molecule has 102 valence electrons. The van der Waals surface area contributed by atoms with E-state index in [9.17, 15) is 14.9 Å². The van der Waals surface area contributed by atoms with Crippen LogP contribution in [0.5, 0.6) is 0 Å². The summed E-state index contributed by atoms with van der Waals surface area (Å²) in [5.74, 6) is -0.523. The van der Waals surface area contributed by atoms with Crippen molar-refractivity contribution in [2.75, 3.05) is 12.0 Å². The van der Waals surface area contributed by atoms with Crippen molar-refractivity contribution in [3.05, 3.63) is 34.4 Å². The van der Waals surface area contributed by atoms with Crippen LogP contribution in [0, 0.1) is 10.1 Å². The lowest BCUT2D eigenvalue weighted by Gasteiger charge is -2.06. The number of rotatable bonds is 6. The van der Waals surface area contributed by atoms with Crippen molar-refractivity contribution in [2.45, 2.75) is 13.3 Å². The fourth-order valence-corrected chi connectivity index (χ4v) is 1.29. The van der Waals surface area contributed by atoms with E-state index in [0.29, 0.717) is 6.61 Å². The Bertz CT molecular complexity index is 501. The zero-order valence-electron chi connectivity index (χ0n) is 10.3. The molecular weight excluding hydrogens is 252 g/mol. The van der Waals surface area contributed by atoms with Crippen LogP contribution >= 0.6 is 0 Å². The second-order valence-electron chi connectivity index (χ2n) is 3.47. The number of carbonyl (C=O) groups excluding carboxylic acids is 1. The quantitative estimate of drug-likeness (QED) is 0.347. The molecule has 0 fully saturated rings. The van der Waals surface area contributed by atoms with Gasteiger partial charge >= 0.3 is 0 Å². The molecule has 0 unspecified atom stereocenters. The maximum atomic E-state index is 10.8. The zero-order valence-corrected chi connectivity index (χ0v) is 10.3. The number of benzene rings is 1. The van der Waals surface area contributed by atoms with Crippen molar-refractivity contribution in [3.8, 4) is 0 Å². The molecule has 1 amide bonds. The molecule has 1 aromatic carbocycles. The molecular formula is C11H14N4O4. The third-order valence-corrected chi connectivity index (χ3v) is 2.04. The Kier molecular flexibility index (Phi) is 5.27. The third kappa shape index (κ3) is 4.62. The van der Waals surface area contributed by atoms with E-state index < -0.39 is 10.8 Å². The van der Waals surface area contributed by atoms with Crippen LogP contribution in [0.25, 0.3) is 0 Å². The lowest BCUT2D eigenvalue weighted by molar-refractivity contribution is -0.384. The number of ether oxygens (including phenoxy) is 1. The molecule has 0 saturated carbocycles. The van der Waals surface area contributed by atoms with Crippen molar-refractivity contribution in [1.82, 2.24) is 0 Å². The van der Waals surface area contributed by atoms with Gasteiger partial charge in [0.2, 0.25) is 11.8 Å². The smallest absolute Gasteiger partial charge is 0.294 e. The monoisotopic (exact) mass is 266 g/mol. The lowest BCUT2D eigenvalue weighted by atomic mass is 10.3. The number of anilines is 1. The van der Waals surface area contributed by atoms with Crippen molar-refractivity contribution in [3.63, 3.8) is 0 Å². The molecule has 0 aliphatic rings. The summed E-state index contributed by atoms with van der Waals surface area (Å²) in [4.78, 5) is 21.0. The molecule has 19 heavy (non-hydrogen) atoms. The number of para-hydroxylation sites is 2. The summed E-state index contributed by atoms with van der Waals surface area (Å²) in [6.45, 7) is 2.03. The summed E-state index contributed by atoms with van der Waals surface area (Å²) in [6.07, 6.45) is -0.179. The molecule has 0 saturated heterocycles. The van der Waals surface area contributed by atoms with Crippen molar-refractivity contribution in [2.24, 2.45) is 10.8 Å². The SMILES string of the molecule is CCO/C(CC(N)=O)=N/Nc1ccccc1[N+](=O)[O-]. The van der Waals surface area contributed by atoms with Gasteiger partial charge in [-0.3, -0.25) is 20.3 Å². The first-order valence-electron chi connectivity index (χ1n) is 5.51. The maximum absolute atomic E-state index is 10.8. The van der Waals surface area contributed by atoms with Crippen LogP contribution in [0.15, 0.2) is 29.4 Å². The lowest BCUT2D eigenvalue weighted by Crippen LogP contribution is -2.19. The van der Waals surface area contributed by atoms with Gasteiger partial charge in [0.1, 0.15) is 12.1 Å². The summed E-state index contributed by atoms with van der Waals surface area (Å²) in [5.41, 5.74) is 7.61. The Morgan fingerprint density at radius 3 is 2.79 bits per heavy atom. The van der Waals surface area contributed by atoms with Gasteiger partial charge in [-0.1, -0.05) is 12.1 Å². The van der Waals surface area contributed by atoms with Crippen LogP contribution in [0.1, 0.15) is 13.3 Å². The minimum absolute atomic E-state index is 0.0770. The topological polar surface area (TPSA) is 120 Å². The number of nitrogens with two attached hydrogens (primary N) is 1. The van der Waals surface area contributed by atoms with Gasteiger partial charge in [-0.2, -0.15) is 0 Å². The summed E-state index contributed by atoms with van der Waals surface area (Å²) < 4.78 is 5.09. The number of nitrogens with one attached hydrogen (secondary N) is 1. The van der Waals surface area contributed by atoms with E-state index in [4.69, 9.17) is 10.5 Å². The fraction of sp³-hybridized carbons (Fsp3) is 0.273. The highest BCUT2D eigenvalue weighted by molar-refractivity contribution is 5.96. The van der Waals surface area contributed by atoms with Crippen molar-refractivity contribution < 1.29 is 14.5 Å². The number of carbonyl (C=O) groups is 1. The predicted molar refractivity (Wildman–Crippen MR) is 69.6 cm³/mol. The van der Waals surface area contributed by atoms with Gasteiger partial charge in [0.25, 0.3) is 5.69 Å². The first kappa shape index (κ1) is 14.4. The molecule has 0 bridgehead atoms. The Morgan fingerprint density at radius 1 is 1.53 bits per heavy atom. The summed E-state index contributed by atoms with van der Waals surface area (Å²) in [7, 11) is 0. The van der Waals surface area contributed by atoms with Crippen LogP contribution in [-0.4, -0.2) is 23.3 Å². The van der Waals surface area contributed by atoms with Gasteiger partial charge in [0.05, 0.1) is 11.5 Å². The number of hydrazone groups is 1. The molecule has 1 aromatic rings. The number of primary amides is 1. The normalized spacial score (nSPS) is 10.9. The van der Waals surface area contributed by atoms with E-state index in [1.165, 1.54) is 12.1 Å². The number of amides is 1. The molecule has 3 N–H and O–H groups in total. The predicted octanol–water partition coefficient (Wildman–Crippen LogP) is 1.23. The first-order chi connectivity index (χ1) is 9.04. The molecule has 0 aliphatic carbocycles. The van der Waals surface area contributed by atoms with Crippen LogP contribution in [0.4, 0.5) is 11.4 Å². The molecule has 1 rings (SSSR count). The zero-order chi connectivity index (χ0) is 14.3. The van der Waals surface area contributed by atoms with Gasteiger partial charge in [-0.05, 0) is 13.0 Å². The second kappa shape index (κ2) is 6.94. The Balaban J connectivity index is 2.88. The van der Waals surface area contributed by atoms with Gasteiger partial charge in [0.15, 0.2) is 0 Å². The highest BCUT2D eigenvalue weighted by Gasteiger charge is 2.12.